The lowest BCUT2D eigenvalue weighted by atomic mass is 9.53. The van der Waals surface area contributed by atoms with Gasteiger partial charge < -0.3 is 0 Å². The zero-order chi connectivity index (χ0) is 15.3. The van der Waals surface area contributed by atoms with Crippen LogP contribution in [0.4, 0.5) is 0 Å². The highest BCUT2D eigenvalue weighted by Gasteiger charge is 2.53. The molecule has 1 aromatic rings. The molecule has 3 aliphatic rings. The number of benzene rings is 1. The van der Waals surface area contributed by atoms with Gasteiger partial charge in [0, 0.05) is 22.7 Å². The maximum Gasteiger partial charge on any atom is 0.192 e. The molecule has 2 aliphatic carbocycles. The van der Waals surface area contributed by atoms with E-state index in [-0.39, 0.29) is 13.9 Å². The molecule has 1 fully saturated rings. The Labute approximate surface area is 134 Å². The Hall–Kier alpha value is -0.980. The Balaban J connectivity index is 1.90. The van der Waals surface area contributed by atoms with E-state index in [1.807, 2.05) is 6.07 Å². The van der Waals surface area contributed by atoms with Crippen molar-refractivity contribution in [2.75, 3.05) is 13.1 Å². The average molecular weight is 313 g/mol. The second-order valence-corrected chi connectivity index (χ2v) is 8.03. The monoisotopic (exact) mass is 313 g/mol. The molecule has 1 saturated heterocycles. The van der Waals surface area contributed by atoms with Gasteiger partial charge in [-0.05, 0) is 61.5 Å². The van der Waals surface area contributed by atoms with E-state index < -0.39 is 0 Å². The Bertz CT molecular complexity index is 640. The first-order chi connectivity index (χ1) is 10.7. The van der Waals surface area contributed by atoms with E-state index in [2.05, 4.69) is 43.0 Å². The number of likely N-dealkylation sites (N-methyl/N-ethyl adjacent to an activating group) is 1. The van der Waals surface area contributed by atoms with Crippen LogP contribution in [0, 0.1) is 11.8 Å². The number of hydrogen-bond donors (Lipinski definition) is 0. The summed E-state index contributed by atoms with van der Waals surface area (Å²) in [6.45, 7) is 6.98. The van der Waals surface area contributed by atoms with Crippen LogP contribution in [-0.2, 0) is 16.4 Å². The summed E-state index contributed by atoms with van der Waals surface area (Å²) in [7, 11) is 0.150. The predicted molar refractivity (Wildman–Crippen MR) is 91.1 cm³/mol. The molecule has 2 bridgehead atoms. The third-order valence-electron chi connectivity index (χ3n) is 6.27. The highest BCUT2D eigenvalue weighted by atomic mass is 31.1. The van der Waals surface area contributed by atoms with E-state index in [9.17, 15) is 4.57 Å². The van der Waals surface area contributed by atoms with E-state index >= 15 is 0 Å². The summed E-state index contributed by atoms with van der Waals surface area (Å²) in [6, 6.07) is 7.16. The molecule has 0 N–H and O–H groups in total. The van der Waals surface area contributed by atoms with Gasteiger partial charge >= 0.3 is 0 Å². The predicted octanol–water partition coefficient (Wildman–Crippen LogP) is 3.70. The summed E-state index contributed by atoms with van der Waals surface area (Å²) in [5.41, 5.74) is 3.27. The zero-order valence-electron chi connectivity index (χ0n) is 13.5. The topological polar surface area (TPSA) is 20.3 Å². The summed E-state index contributed by atoms with van der Waals surface area (Å²) in [5, 5.41) is 0.936. The molecule has 0 radical (unpaired) electrons. The van der Waals surface area contributed by atoms with Crippen molar-refractivity contribution >= 4 is 13.8 Å². The fourth-order valence-electron chi connectivity index (χ4n) is 5.33. The summed E-state index contributed by atoms with van der Waals surface area (Å²) in [4.78, 5) is 2.67. The van der Waals surface area contributed by atoms with Crippen molar-refractivity contribution in [3.05, 3.63) is 41.5 Å². The number of rotatable bonds is 2. The molecule has 4 atom stereocenters. The molecule has 0 saturated carbocycles. The molecule has 1 heterocycles. The fraction of sp³-hybridized carbons (Fsp3) is 0.579. The lowest BCUT2D eigenvalue weighted by Crippen LogP contribution is -2.60. The van der Waals surface area contributed by atoms with Crippen LogP contribution in [0.5, 0.6) is 0 Å². The molecule has 3 heteroatoms. The molecule has 1 aromatic carbocycles. The summed E-state index contributed by atoms with van der Waals surface area (Å²) in [6.07, 6.45) is 8.56. The van der Waals surface area contributed by atoms with Gasteiger partial charge in [-0.1, -0.05) is 32.1 Å². The van der Waals surface area contributed by atoms with Crippen LogP contribution in [0.2, 0.25) is 0 Å². The van der Waals surface area contributed by atoms with Gasteiger partial charge in [0.2, 0.25) is 0 Å². The normalized spacial score (nSPS) is 36.9. The van der Waals surface area contributed by atoms with E-state index in [1.165, 1.54) is 30.5 Å². The van der Waals surface area contributed by atoms with Crippen LogP contribution in [-0.4, -0.2) is 24.0 Å². The Morgan fingerprint density at radius 1 is 1.36 bits per heavy atom. The zero-order valence-corrected chi connectivity index (χ0v) is 14.4. The SMILES string of the molecule is CCN1CC[C@]23CC(C)C=CC2[C@H]1Cc1ccc(P=O)cc13. The number of piperidine rings is 1. The molecule has 22 heavy (non-hydrogen) atoms. The van der Waals surface area contributed by atoms with Crippen molar-refractivity contribution in [1.82, 2.24) is 4.90 Å². The Kier molecular flexibility index (Phi) is 3.51. The lowest BCUT2D eigenvalue weighted by Gasteiger charge is -2.58. The van der Waals surface area contributed by atoms with Crippen LogP contribution in [0.1, 0.15) is 37.8 Å². The van der Waals surface area contributed by atoms with Crippen molar-refractivity contribution in [3.8, 4) is 0 Å². The molecule has 4 rings (SSSR count). The smallest absolute Gasteiger partial charge is 0.192 e. The lowest BCUT2D eigenvalue weighted by molar-refractivity contribution is 0.0267. The summed E-state index contributed by atoms with van der Waals surface area (Å²) in [5.74, 6) is 1.27. The fourth-order valence-corrected chi connectivity index (χ4v) is 5.65. The molecule has 1 aliphatic heterocycles. The minimum atomic E-state index is 0.150. The van der Waals surface area contributed by atoms with E-state index in [0.717, 1.165) is 18.3 Å². The standard InChI is InChI=1S/C19H24NOP/c1-3-20-9-8-19-12-13(2)4-7-16(19)18(20)10-14-5-6-15(22-21)11-17(14)19/h4-7,11,13,16,18H,3,8-10,12H2,1-2H3/t13?,16?,18-,19+/m1/s1. The van der Waals surface area contributed by atoms with Gasteiger partial charge in [-0.3, -0.25) is 9.46 Å². The number of hydrogen-bond acceptors (Lipinski definition) is 2. The first-order valence-corrected chi connectivity index (χ1v) is 9.38. The van der Waals surface area contributed by atoms with Crippen LogP contribution in [0.25, 0.3) is 0 Å². The van der Waals surface area contributed by atoms with Crippen LogP contribution in [0.3, 0.4) is 0 Å². The van der Waals surface area contributed by atoms with Gasteiger partial charge in [-0.15, -0.1) is 0 Å². The first-order valence-electron chi connectivity index (χ1n) is 8.57. The van der Waals surface area contributed by atoms with Crippen molar-refractivity contribution in [1.29, 1.82) is 0 Å². The number of fused-ring (bicyclic) bond motifs is 1. The summed E-state index contributed by atoms with van der Waals surface area (Å²) >= 11 is 0. The van der Waals surface area contributed by atoms with E-state index in [1.54, 1.807) is 0 Å². The van der Waals surface area contributed by atoms with Crippen LogP contribution >= 0.6 is 8.46 Å². The van der Waals surface area contributed by atoms with E-state index in [0.29, 0.717) is 17.9 Å². The first kappa shape index (κ1) is 14.6. The molecular formula is C19H24NOP. The Morgan fingerprint density at radius 2 is 2.23 bits per heavy atom. The number of nitrogens with zero attached hydrogens (tertiary/aromatic N) is 1. The van der Waals surface area contributed by atoms with E-state index in [4.69, 9.17) is 0 Å². The summed E-state index contributed by atoms with van der Waals surface area (Å²) < 4.78 is 11.4. The second-order valence-electron chi connectivity index (χ2n) is 7.33. The quantitative estimate of drug-likeness (QED) is 0.613. The molecule has 116 valence electrons. The van der Waals surface area contributed by atoms with Crippen LogP contribution in [0.15, 0.2) is 30.4 Å². The molecule has 2 unspecified atom stereocenters. The second kappa shape index (κ2) is 5.28. The highest BCUT2D eigenvalue weighted by molar-refractivity contribution is 7.34. The minimum absolute atomic E-state index is 0.150. The van der Waals surface area contributed by atoms with Gasteiger partial charge in [0.05, 0.1) is 0 Å². The largest absolute Gasteiger partial charge is 0.300 e. The molecule has 0 aromatic heterocycles. The Morgan fingerprint density at radius 3 is 3.00 bits per heavy atom. The van der Waals surface area contributed by atoms with Gasteiger partial charge in [0.25, 0.3) is 0 Å². The molecule has 0 amide bonds. The number of allylic oxidation sites excluding steroid dienone is 1. The van der Waals surface area contributed by atoms with Crippen LogP contribution < -0.4 is 5.30 Å². The van der Waals surface area contributed by atoms with Gasteiger partial charge in [-0.2, -0.15) is 0 Å². The third-order valence-corrected chi connectivity index (χ3v) is 6.76. The molecule has 2 nitrogen and oxygen atoms in total. The maximum absolute atomic E-state index is 11.4. The van der Waals surface area contributed by atoms with Crippen molar-refractivity contribution in [2.24, 2.45) is 11.8 Å². The maximum atomic E-state index is 11.4. The third kappa shape index (κ3) is 1.97. The van der Waals surface area contributed by atoms with Crippen molar-refractivity contribution in [2.45, 2.75) is 44.6 Å². The highest BCUT2D eigenvalue weighted by Crippen LogP contribution is 2.54. The molecular weight excluding hydrogens is 289 g/mol. The minimum Gasteiger partial charge on any atom is -0.300 e. The van der Waals surface area contributed by atoms with Gasteiger partial charge in [0.1, 0.15) is 0 Å². The molecule has 0 spiro atoms. The average Bonchev–Trinajstić information content (AvgIpc) is 2.54. The number of likely N-dealkylation sites (tertiary alicyclic amines) is 1. The van der Waals surface area contributed by atoms with Crippen molar-refractivity contribution < 1.29 is 4.57 Å². The van der Waals surface area contributed by atoms with Gasteiger partial charge in [-0.25, -0.2) is 0 Å². The van der Waals surface area contributed by atoms with Gasteiger partial charge in [0.15, 0.2) is 8.46 Å². The van der Waals surface area contributed by atoms with Crippen molar-refractivity contribution in [3.63, 3.8) is 0 Å².